The maximum absolute atomic E-state index is 12.1. The standard InChI is InChI=1S/C14H22N5O6P/c1-9(2)18-26(22,23)24-7-10-6-13(3,21)14(8-15,25-10)19-5-4-11(16)17-12(19)20/h4-5,9-10,21H,6-7H2,1-3H3,(H2,16,17,20)(H2,18,22,23)/t10-,13+,14+/m0/s1. The number of anilines is 1. The number of nitrogens with two attached hydrogens (primary N) is 1. The predicted octanol–water partition coefficient (Wildman–Crippen LogP) is -0.343. The third-order valence-electron chi connectivity index (χ3n) is 3.87. The van der Waals surface area contributed by atoms with Gasteiger partial charge in [0.1, 0.15) is 17.5 Å². The summed E-state index contributed by atoms with van der Waals surface area (Å²) in [5, 5.41) is 22.8. The molecule has 0 radical (unpaired) electrons. The van der Waals surface area contributed by atoms with Crippen LogP contribution in [0.15, 0.2) is 17.1 Å². The molecule has 144 valence electrons. The highest BCUT2D eigenvalue weighted by Gasteiger charge is 2.59. The van der Waals surface area contributed by atoms with Gasteiger partial charge >= 0.3 is 13.4 Å². The van der Waals surface area contributed by atoms with E-state index < -0.39 is 30.9 Å². The van der Waals surface area contributed by atoms with Crippen LogP contribution in [-0.4, -0.2) is 43.9 Å². The van der Waals surface area contributed by atoms with Gasteiger partial charge in [-0.1, -0.05) is 0 Å². The van der Waals surface area contributed by atoms with Crippen LogP contribution < -0.4 is 16.5 Å². The topological polar surface area (TPSA) is 173 Å². The summed E-state index contributed by atoms with van der Waals surface area (Å²) < 4.78 is 23.3. The first-order chi connectivity index (χ1) is 11.9. The minimum atomic E-state index is -4.07. The fraction of sp³-hybridized carbons (Fsp3) is 0.643. The summed E-state index contributed by atoms with van der Waals surface area (Å²) >= 11 is 0. The van der Waals surface area contributed by atoms with Crippen LogP contribution in [0.25, 0.3) is 0 Å². The molecular formula is C14H22N5O6P. The molecule has 26 heavy (non-hydrogen) atoms. The Balaban J connectivity index is 2.26. The van der Waals surface area contributed by atoms with Gasteiger partial charge in [-0.15, -0.1) is 0 Å². The van der Waals surface area contributed by atoms with E-state index in [-0.39, 0.29) is 24.9 Å². The molecule has 1 aromatic heterocycles. The lowest BCUT2D eigenvalue weighted by Gasteiger charge is -2.33. The van der Waals surface area contributed by atoms with Crippen LogP contribution in [0.1, 0.15) is 27.2 Å². The van der Waals surface area contributed by atoms with Gasteiger partial charge in [-0.25, -0.2) is 14.4 Å². The lowest BCUT2D eigenvalue weighted by Crippen LogP contribution is -2.54. The van der Waals surface area contributed by atoms with E-state index in [1.807, 2.05) is 6.07 Å². The van der Waals surface area contributed by atoms with Gasteiger partial charge in [-0.3, -0.25) is 9.09 Å². The quantitative estimate of drug-likeness (QED) is 0.473. The summed E-state index contributed by atoms with van der Waals surface area (Å²) in [6.07, 6.45) is 0.172. The fourth-order valence-corrected chi connectivity index (χ4v) is 3.90. The van der Waals surface area contributed by atoms with Gasteiger partial charge in [0.2, 0.25) is 0 Å². The summed E-state index contributed by atoms with van der Waals surface area (Å²) in [5.41, 5.74) is 0.703. The van der Waals surface area contributed by atoms with Crippen molar-refractivity contribution in [3.05, 3.63) is 22.7 Å². The molecule has 0 bridgehead atoms. The van der Waals surface area contributed by atoms with E-state index in [9.17, 15) is 24.6 Å². The van der Waals surface area contributed by atoms with Gasteiger partial charge < -0.3 is 20.5 Å². The monoisotopic (exact) mass is 387 g/mol. The molecule has 1 unspecified atom stereocenters. The molecule has 1 saturated heterocycles. The second kappa shape index (κ2) is 7.08. The van der Waals surface area contributed by atoms with Gasteiger partial charge in [0.25, 0.3) is 5.72 Å². The second-order valence-electron chi connectivity index (χ2n) is 6.58. The number of nitrogens with zero attached hydrogens (tertiary/aromatic N) is 3. The molecule has 0 saturated carbocycles. The zero-order valence-corrected chi connectivity index (χ0v) is 15.5. The summed E-state index contributed by atoms with van der Waals surface area (Å²) in [5.74, 6) is -0.0437. The van der Waals surface area contributed by atoms with E-state index >= 15 is 0 Å². The summed E-state index contributed by atoms with van der Waals surface area (Å²) in [6.45, 7) is 4.29. The maximum atomic E-state index is 12.1. The Morgan fingerprint density at radius 3 is 2.88 bits per heavy atom. The number of ether oxygens (including phenoxy) is 1. The van der Waals surface area contributed by atoms with Crippen LogP contribution in [0.4, 0.5) is 5.82 Å². The third kappa shape index (κ3) is 3.96. The van der Waals surface area contributed by atoms with Gasteiger partial charge in [0, 0.05) is 18.7 Å². The molecule has 0 amide bonds. The van der Waals surface area contributed by atoms with Gasteiger partial charge in [-0.2, -0.15) is 10.2 Å². The Bertz CT molecular complexity index is 819. The lowest BCUT2D eigenvalue weighted by molar-refractivity contribution is -0.145. The summed E-state index contributed by atoms with van der Waals surface area (Å²) in [7, 11) is -4.07. The first kappa shape index (κ1) is 20.5. The number of nitrogens with one attached hydrogen (secondary N) is 1. The molecule has 4 atom stereocenters. The van der Waals surface area contributed by atoms with Crippen LogP contribution in [0.2, 0.25) is 0 Å². The summed E-state index contributed by atoms with van der Waals surface area (Å²) in [6, 6.07) is 2.81. The number of nitriles is 1. The summed E-state index contributed by atoms with van der Waals surface area (Å²) in [4.78, 5) is 25.4. The van der Waals surface area contributed by atoms with Crippen molar-refractivity contribution in [1.82, 2.24) is 14.6 Å². The number of aromatic nitrogens is 2. The molecule has 0 aromatic carbocycles. The molecule has 1 aromatic rings. The zero-order valence-electron chi connectivity index (χ0n) is 14.6. The van der Waals surface area contributed by atoms with Crippen molar-refractivity contribution in [1.29, 1.82) is 5.26 Å². The Morgan fingerprint density at radius 1 is 1.69 bits per heavy atom. The normalized spacial score (nSPS) is 30.9. The van der Waals surface area contributed by atoms with E-state index in [1.165, 1.54) is 19.2 Å². The van der Waals surface area contributed by atoms with Crippen molar-refractivity contribution in [2.75, 3.05) is 12.3 Å². The molecule has 2 heterocycles. The van der Waals surface area contributed by atoms with E-state index in [0.717, 1.165) is 4.57 Å². The minimum absolute atomic E-state index is 0.0437. The van der Waals surface area contributed by atoms with Crippen molar-refractivity contribution < 1.29 is 23.8 Å². The minimum Gasteiger partial charge on any atom is -0.384 e. The van der Waals surface area contributed by atoms with Gasteiger partial charge in [-0.05, 0) is 26.8 Å². The average Bonchev–Trinajstić information content (AvgIpc) is 2.75. The average molecular weight is 387 g/mol. The number of hydrogen-bond acceptors (Lipinski definition) is 8. The molecule has 0 aliphatic carbocycles. The molecule has 0 spiro atoms. The molecule has 1 fully saturated rings. The highest BCUT2D eigenvalue weighted by molar-refractivity contribution is 7.50. The Morgan fingerprint density at radius 2 is 2.35 bits per heavy atom. The molecular weight excluding hydrogens is 365 g/mol. The van der Waals surface area contributed by atoms with Crippen LogP contribution in [-0.2, 0) is 19.6 Å². The first-order valence-electron chi connectivity index (χ1n) is 7.85. The molecule has 12 heteroatoms. The number of rotatable bonds is 6. The molecule has 2 rings (SSSR count). The fourth-order valence-electron chi connectivity index (χ4n) is 2.80. The largest absolute Gasteiger partial charge is 0.403 e. The van der Waals surface area contributed by atoms with E-state index in [0.29, 0.717) is 0 Å². The third-order valence-corrected chi connectivity index (χ3v) is 5.21. The second-order valence-corrected chi connectivity index (χ2v) is 8.14. The Hall–Kier alpha value is -1.80. The molecule has 11 nitrogen and oxygen atoms in total. The van der Waals surface area contributed by atoms with Crippen molar-refractivity contribution in [3.8, 4) is 6.07 Å². The smallest absolute Gasteiger partial charge is 0.384 e. The highest BCUT2D eigenvalue weighted by Crippen LogP contribution is 2.44. The van der Waals surface area contributed by atoms with Crippen molar-refractivity contribution >= 4 is 13.6 Å². The van der Waals surface area contributed by atoms with Crippen molar-refractivity contribution in [2.24, 2.45) is 0 Å². The van der Waals surface area contributed by atoms with E-state index in [4.69, 9.17) is 15.0 Å². The number of aliphatic hydroxyl groups is 1. The van der Waals surface area contributed by atoms with Crippen LogP contribution >= 0.6 is 7.75 Å². The number of nitrogen functional groups attached to an aromatic ring is 1. The van der Waals surface area contributed by atoms with Crippen LogP contribution in [0, 0.1) is 11.3 Å². The van der Waals surface area contributed by atoms with E-state index in [1.54, 1.807) is 13.8 Å². The zero-order chi connectivity index (χ0) is 19.8. The number of hydrogen-bond donors (Lipinski definition) is 4. The molecule has 1 aliphatic rings. The van der Waals surface area contributed by atoms with Crippen LogP contribution in [0.3, 0.4) is 0 Å². The Kier molecular flexibility index (Phi) is 5.58. The maximum Gasteiger partial charge on any atom is 0.403 e. The first-order valence-corrected chi connectivity index (χ1v) is 9.42. The lowest BCUT2D eigenvalue weighted by atomic mass is 9.91. The van der Waals surface area contributed by atoms with Gasteiger partial charge in [0.15, 0.2) is 0 Å². The van der Waals surface area contributed by atoms with Crippen LogP contribution in [0.5, 0.6) is 0 Å². The SMILES string of the molecule is CC(C)NP(=O)(O)OC[C@@H]1C[C@@](C)(O)[C@](C#N)(n2ccc(N)nc2=O)O1. The van der Waals surface area contributed by atoms with E-state index in [2.05, 4.69) is 10.1 Å². The van der Waals surface area contributed by atoms with Crippen molar-refractivity contribution in [3.63, 3.8) is 0 Å². The molecule has 5 N–H and O–H groups in total. The Labute approximate surface area is 150 Å². The predicted molar refractivity (Wildman–Crippen MR) is 90.7 cm³/mol. The molecule has 1 aliphatic heterocycles. The van der Waals surface area contributed by atoms with Crippen molar-refractivity contribution in [2.45, 2.75) is 50.7 Å². The highest BCUT2D eigenvalue weighted by atomic mass is 31.2. The van der Waals surface area contributed by atoms with Gasteiger partial charge in [0.05, 0.1) is 12.7 Å².